The first-order valence-corrected chi connectivity index (χ1v) is 7.67. The van der Waals surface area contributed by atoms with Crippen LogP contribution in [0, 0.1) is 0 Å². The summed E-state index contributed by atoms with van der Waals surface area (Å²) >= 11 is 3.43. The van der Waals surface area contributed by atoms with E-state index in [1.165, 1.54) is 0 Å². The Kier molecular flexibility index (Phi) is 6.72. The molecule has 114 valence electrons. The van der Waals surface area contributed by atoms with Crippen molar-refractivity contribution in [2.75, 3.05) is 26.9 Å². The molecule has 0 aliphatic carbocycles. The van der Waals surface area contributed by atoms with Crippen LogP contribution in [0.5, 0.6) is 5.75 Å². The number of methoxy groups -OCH3 is 1. The fourth-order valence-corrected chi connectivity index (χ4v) is 2.28. The minimum atomic E-state index is 0.609. The standard InChI is InChI=1S/C15H20BrN3O2/c1-20-9-6-17-12-15-18-5-7-19(15)8-10-21-14-4-2-3-13(16)11-14/h2-5,7,11,17H,6,8-10,12H2,1H3. The van der Waals surface area contributed by atoms with Crippen molar-refractivity contribution < 1.29 is 9.47 Å². The molecule has 0 amide bonds. The molecule has 0 spiro atoms. The van der Waals surface area contributed by atoms with E-state index >= 15 is 0 Å². The minimum Gasteiger partial charge on any atom is -0.492 e. The van der Waals surface area contributed by atoms with E-state index in [1.807, 2.05) is 36.7 Å². The highest BCUT2D eigenvalue weighted by molar-refractivity contribution is 9.10. The Bertz CT molecular complexity index is 545. The van der Waals surface area contributed by atoms with Crippen molar-refractivity contribution in [1.29, 1.82) is 0 Å². The molecular formula is C15H20BrN3O2. The smallest absolute Gasteiger partial charge is 0.122 e. The first-order chi connectivity index (χ1) is 10.3. The van der Waals surface area contributed by atoms with E-state index in [1.54, 1.807) is 7.11 Å². The zero-order valence-electron chi connectivity index (χ0n) is 12.1. The van der Waals surface area contributed by atoms with Gasteiger partial charge in [0.1, 0.15) is 18.2 Å². The third kappa shape index (κ3) is 5.49. The fourth-order valence-electron chi connectivity index (χ4n) is 1.90. The largest absolute Gasteiger partial charge is 0.492 e. The maximum atomic E-state index is 5.74. The highest BCUT2D eigenvalue weighted by Crippen LogP contribution is 2.17. The molecular weight excluding hydrogens is 334 g/mol. The van der Waals surface area contributed by atoms with E-state index in [2.05, 4.69) is 30.8 Å². The molecule has 6 heteroatoms. The third-order valence-electron chi connectivity index (χ3n) is 2.96. The van der Waals surface area contributed by atoms with Gasteiger partial charge in [-0.2, -0.15) is 0 Å². The summed E-state index contributed by atoms with van der Waals surface area (Å²) in [5.41, 5.74) is 0. The van der Waals surface area contributed by atoms with Crippen molar-refractivity contribution >= 4 is 15.9 Å². The van der Waals surface area contributed by atoms with Gasteiger partial charge in [-0.05, 0) is 18.2 Å². The summed E-state index contributed by atoms with van der Waals surface area (Å²) in [5.74, 6) is 1.87. The number of imidazole rings is 1. The number of rotatable bonds is 9. The Morgan fingerprint density at radius 3 is 3.05 bits per heavy atom. The average molecular weight is 354 g/mol. The summed E-state index contributed by atoms with van der Waals surface area (Å²) in [6, 6.07) is 7.85. The number of hydrogen-bond acceptors (Lipinski definition) is 4. The Balaban J connectivity index is 1.77. The van der Waals surface area contributed by atoms with E-state index in [4.69, 9.17) is 9.47 Å². The zero-order valence-corrected chi connectivity index (χ0v) is 13.7. The monoisotopic (exact) mass is 353 g/mol. The number of halogens is 1. The van der Waals surface area contributed by atoms with Gasteiger partial charge in [0.2, 0.25) is 0 Å². The van der Waals surface area contributed by atoms with Crippen LogP contribution >= 0.6 is 15.9 Å². The molecule has 0 atom stereocenters. The van der Waals surface area contributed by atoms with Crippen molar-refractivity contribution in [3.8, 4) is 5.75 Å². The van der Waals surface area contributed by atoms with Gasteiger partial charge in [0.05, 0.1) is 19.7 Å². The molecule has 0 saturated carbocycles. The van der Waals surface area contributed by atoms with E-state index in [9.17, 15) is 0 Å². The molecule has 2 aromatic rings. The van der Waals surface area contributed by atoms with Crippen LogP contribution in [0.1, 0.15) is 5.82 Å². The lowest BCUT2D eigenvalue weighted by Crippen LogP contribution is -2.21. The number of nitrogens with zero attached hydrogens (tertiary/aromatic N) is 2. The second-order valence-corrected chi connectivity index (χ2v) is 5.43. The Labute approximate surface area is 133 Å². The maximum Gasteiger partial charge on any atom is 0.122 e. The second kappa shape index (κ2) is 8.81. The summed E-state index contributed by atoms with van der Waals surface area (Å²) in [5, 5.41) is 3.29. The Hall–Kier alpha value is -1.37. The van der Waals surface area contributed by atoms with Crippen molar-refractivity contribution in [1.82, 2.24) is 14.9 Å². The van der Waals surface area contributed by atoms with E-state index in [-0.39, 0.29) is 0 Å². The molecule has 1 heterocycles. The predicted molar refractivity (Wildman–Crippen MR) is 85.4 cm³/mol. The lowest BCUT2D eigenvalue weighted by atomic mass is 10.3. The summed E-state index contributed by atoms with van der Waals surface area (Å²) in [4.78, 5) is 4.35. The molecule has 1 N–H and O–H groups in total. The number of nitrogens with one attached hydrogen (secondary N) is 1. The van der Waals surface area contributed by atoms with Gasteiger partial charge in [0.15, 0.2) is 0 Å². The van der Waals surface area contributed by atoms with Crippen molar-refractivity contribution in [3.05, 3.63) is 47.0 Å². The molecule has 0 fully saturated rings. The lowest BCUT2D eigenvalue weighted by molar-refractivity contribution is 0.198. The van der Waals surface area contributed by atoms with Crippen LogP contribution in [0.4, 0.5) is 0 Å². The first-order valence-electron chi connectivity index (χ1n) is 6.87. The number of benzene rings is 1. The zero-order chi connectivity index (χ0) is 14.9. The van der Waals surface area contributed by atoms with E-state index < -0.39 is 0 Å². The Morgan fingerprint density at radius 2 is 2.24 bits per heavy atom. The van der Waals surface area contributed by atoms with Gasteiger partial charge in [0.25, 0.3) is 0 Å². The number of hydrogen-bond donors (Lipinski definition) is 1. The minimum absolute atomic E-state index is 0.609. The molecule has 2 rings (SSSR count). The topological polar surface area (TPSA) is 48.3 Å². The second-order valence-electron chi connectivity index (χ2n) is 4.51. The quantitative estimate of drug-likeness (QED) is 0.703. The molecule has 5 nitrogen and oxygen atoms in total. The molecule has 0 radical (unpaired) electrons. The van der Waals surface area contributed by atoms with Gasteiger partial charge in [0, 0.05) is 30.5 Å². The van der Waals surface area contributed by atoms with Crippen LogP contribution in [0.3, 0.4) is 0 Å². The van der Waals surface area contributed by atoms with Gasteiger partial charge in [-0.15, -0.1) is 0 Å². The fraction of sp³-hybridized carbons (Fsp3) is 0.400. The molecule has 1 aromatic heterocycles. The summed E-state index contributed by atoms with van der Waals surface area (Å²) in [6.45, 7) is 3.63. The van der Waals surface area contributed by atoms with Crippen LogP contribution in [-0.4, -0.2) is 36.4 Å². The molecule has 0 saturated heterocycles. The van der Waals surface area contributed by atoms with Crippen LogP contribution in [0.25, 0.3) is 0 Å². The van der Waals surface area contributed by atoms with Crippen LogP contribution < -0.4 is 10.1 Å². The molecule has 0 aliphatic rings. The van der Waals surface area contributed by atoms with Crippen LogP contribution in [0.15, 0.2) is 41.1 Å². The van der Waals surface area contributed by atoms with Gasteiger partial charge in [-0.25, -0.2) is 4.98 Å². The number of ether oxygens (including phenoxy) is 2. The lowest BCUT2D eigenvalue weighted by Gasteiger charge is -2.10. The van der Waals surface area contributed by atoms with Gasteiger partial charge >= 0.3 is 0 Å². The number of aromatic nitrogens is 2. The highest BCUT2D eigenvalue weighted by Gasteiger charge is 2.02. The average Bonchev–Trinajstić information content (AvgIpc) is 2.91. The molecule has 0 bridgehead atoms. The van der Waals surface area contributed by atoms with E-state index in [0.29, 0.717) is 13.2 Å². The Morgan fingerprint density at radius 1 is 1.33 bits per heavy atom. The molecule has 21 heavy (non-hydrogen) atoms. The predicted octanol–water partition coefficient (Wildman–Crippen LogP) is 2.46. The highest BCUT2D eigenvalue weighted by atomic mass is 79.9. The van der Waals surface area contributed by atoms with Crippen molar-refractivity contribution in [2.45, 2.75) is 13.1 Å². The SMILES string of the molecule is COCCNCc1nccn1CCOc1cccc(Br)c1. The van der Waals surface area contributed by atoms with Crippen molar-refractivity contribution in [2.24, 2.45) is 0 Å². The normalized spacial score (nSPS) is 10.8. The molecule has 0 aliphatic heterocycles. The van der Waals surface area contributed by atoms with Gasteiger partial charge in [-0.1, -0.05) is 22.0 Å². The molecule has 1 aromatic carbocycles. The summed E-state index contributed by atoms with van der Waals surface area (Å²) in [7, 11) is 1.70. The molecule has 0 unspecified atom stereocenters. The van der Waals surface area contributed by atoms with Crippen LogP contribution in [-0.2, 0) is 17.8 Å². The van der Waals surface area contributed by atoms with Gasteiger partial charge in [-0.3, -0.25) is 0 Å². The summed E-state index contributed by atoms with van der Waals surface area (Å²) in [6.07, 6.45) is 3.78. The van der Waals surface area contributed by atoms with Gasteiger partial charge < -0.3 is 19.4 Å². The van der Waals surface area contributed by atoms with E-state index in [0.717, 1.165) is 35.7 Å². The van der Waals surface area contributed by atoms with Crippen molar-refractivity contribution in [3.63, 3.8) is 0 Å². The first kappa shape index (κ1) is 16.0. The third-order valence-corrected chi connectivity index (χ3v) is 3.46. The van der Waals surface area contributed by atoms with Crippen LogP contribution in [0.2, 0.25) is 0 Å². The summed E-state index contributed by atoms with van der Waals surface area (Å²) < 4.78 is 13.9. The maximum absolute atomic E-state index is 5.74.